The molecule has 0 aliphatic heterocycles. The van der Waals surface area contributed by atoms with Gasteiger partial charge in [0.2, 0.25) is 5.95 Å². The van der Waals surface area contributed by atoms with Crippen LogP contribution in [-0.4, -0.2) is 24.7 Å². The quantitative estimate of drug-likeness (QED) is 0.565. The number of aromatic nitrogens is 5. The fourth-order valence-corrected chi connectivity index (χ4v) is 3.07. The zero-order valence-electron chi connectivity index (χ0n) is 12.2. The summed E-state index contributed by atoms with van der Waals surface area (Å²) in [5, 5.41) is 5.53. The molecule has 21 heavy (non-hydrogen) atoms. The van der Waals surface area contributed by atoms with Crippen molar-refractivity contribution in [2.45, 2.75) is 33.6 Å². The van der Waals surface area contributed by atoms with Gasteiger partial charge in [0.05, 0.1) is 5.39 Å². The molecule has 0 fully saturated rings. The van der Waals surface area contributed by atoms with Gasteiger partial charge < -0.3 is 0 Å². The smallest absolute Gasteiger partial charge is 0.240 e. The highest BCUT2D eigenvalue weighted by molar-refractivity contribution is 7.18. The summed E-state index contributed by atoms with van der Waals surface area (Å²) in [6.07, 6.45) is 1.58. The maximum atomic E-state index is 5.48. The predicted octanol–water partition coefficient (Wildman–Crippen LogP) is 1.99. The lowest BCUT2D eigenvalue weighted by Gasteiger charge is -2.07. The third-order valence-electron chi connectivity index (χ3n) is 3.18. The van der Waals surface area contributed by atoms with Crippen LogP contribution >= 0.6 is 11.3 Å². The molecule has 0 bridgehead atoms. The van der Waals surface area contributed by atoms with E-state index in [0.29, 0.717) is 5.95 Å². The summed E-state index contributed by atoms with van der Waals surface area (Å²) in [7, 11) is 0. The largest absolute Gasteiger partial charge is 0.292 e. The first-order valence-corrected chi connectivity index (χ1v) is 7.67. The van der Waals surface area contributed by atoms with Crippen LogP contribution < -0.4 is 11.3 Å². The van der Waals surface area contributed by atoms with E-state index in [0.717, 1.165) is 40.5 Å². The molecule has 110 valence electrons. The van der Waals surface area contributed by atoms with Crippen LogP contribution in [0.2, 0.25) is 0 Å². The molecule has 3 N–H and O–H groups in total. The van der Waals surface area contributed by atoms with Gasteiger partial charge in [-0.25, -0.2) is 15.8 Å². The van der Waals surface area contributed by atoms with Gasteiger partial charge in [-0.1, -0.05) is 13.8 Å². The molecule has 0 spiro atoms. The Hall–Kier alpha value is -2.06. The molecular formula is C13H17N7S. The average molecular weight is 303 g/mol. The highest BCUT2D eigenvalue weighted by atomic mass is 32.1. The molecule has 3 rings (SSSR count). The minimum Gasteiger partial charge on any atom is -0.292 e. The first kappa shape index (κ1) is 13.9. The first-order chi connectivity index (χ1) is 10.2. The summed E-state index contributed by atoms with van der Waals surface area (Å²) < 4.78 is 1.80. The maximum absolute atomic E-state index is 5.48. The predicted molar refractivity (Wildman–Crippen MR) is 83.6 cm³/mol. The van der Waals surface area contributed by atoms with E-state index in [1.165, 1.54) is 4.88 Å². The molecule has 8 heteroatoms. The van der Waals surface area contributed by atoms with Crippen LogP contribution in [0.5, 0.6) is 0 Å². The summed E-state index contributed by atoms with van der Waals surface area (Å²) in [6, 6.07) is 2.07. The lowest BCUT2D eigenvalue weighted by Crippen LogP contribution is -2.13. The molecule has 3 heterocycles. The normalized spacial score (nSPS) is 11.2. The number of hydrogen-bond donors (Lipinski definition) is 2. The van der Waals surface area contributed by atoms with Crippen molar-refractivity contribution >= 4 is 27.5 Å². The summed E-state index contributed by atoms with van der Waals surface area (Å²) in [4.78, 5) is 15.5. The number of nitrogen functional groups attached to an aromatic ring is 1. The second-order valence-electron chi connectivity index (χ2n) is 4.65. The van der Waals surface area contributed by atoms with Gasteiger partial charge in [0.25, 0.3) is 0 Å². The summed E-state index contributed by atoms with van der Waals surface area (Å²) in [5.41, 5.74) is 2.52. The molecule has 0 aromatic carbocycles. The molecule has 3 aromatic heterocycles. The van der Waals surface area contributed by atoms with E-state index < -0.39 is 0 Å². The number of anilines is 1. The van der Waals surface area contributed by atoms with E-state index >= 15 is 0 Å². The van der Waals surface area contributed by atoms with E-state index in [4.69, 9.17) is 5.84 Å². The second kappa shape index (κ2) is 5.38. The molecule has 0 unspecified atom stereocenters. The standard InChI is InChI=1S/C13H17N7S/c1-4-9-15-10(5-2)20(19-9)11-8-6-7(3)21-12(8)17-13(16-11)18-14/h6H,4-5,14H2,1-3H3,(H,16,17,18). The van der Waals surface area contributed by atoms with E-state index in [1.807, 2.05) is 13.8 Å². The number of thiophene rings is 1. The van der Waals surface area contributed by atoms with Gasteiger partial charge in [0.15, 0.2) is 11.6 Å². The van der Waals surface area contributed by atoms with Crippen molar-refractivity contribution in [3.63, 3.8) is 0 Å². The topological polar surface area (TPSA) is 94.5 Å². The fourth-order valence-electron chi connectivity index (χ4n) is 2.19. The third-order valence-corrected chi connectivity index (χ3v) is 4.12. The average Bonchev–Trinajstić information content (AvgIpc) is 3.07. The summed E-state index contributed by atoms with van der Waals surface area (Å²) in [5.74, 6) is 8.29. The number of nitrogens with zero attached hydrogens (tertiary/aromatic N) is 5. The summed E-state index contributed by atoms with van der Waals surface area (Å²) >= 11 is 1.61. The summed E-state index contributed by atoms with van der Waals surface area (Å²) in [6.45, 7) is 6.14. The van der Waals surface area contributed by atoms with Crippen molar-refractivity contribution in [3.8, 4) is 5.82 Å². The Balaban J connectivity index is 2.30. The number of nitrogens with one attached hydrogen (secondary N) is 1. The molecule has 0 radical (unpaired) electrons. The van der Waals surface area contributed by atoms with E-state index in [-0.39, 0.29) is 0 Å². The van der Waals surface area contributed by atoms with E-state index in [2.05, 4.69) is 38.5 Å². The van der Waals surface area contributed by atoms with Crippen LogP contribution in [0.4, 0.5) is 5.95 Å². The minimum absolute atomic E-state index is 0.384. The Bertz CT molecular complexity index is 789. The van der Waals surface area contributed by atoms with E-state index in [9.17, 15) is 0 Å². The van der Waals surface area contributed by atoms with Crippen molar-refractivity contribution in [3.05, 3.63) is 22.6 Å². The molecule has 0 atom stereocenters. The lowest BCUT2D eigenvalue weighted by molar-refractivity contribution is 0.774. The highest BCUT2D eigenvalue weighted by Crippen LogP contribution is 2.28. The monoisotopic (exact) mass is 303 g/mol. The Morgan fingerprint density at radius 1 is 1.24 bits per heavy atom. The van der Waals surface area contributed by atoms with Gasteiger partial charge in [-0.15, -0.1) is 16.4 Å². The zero-order chi connectivity index (χ0) is 15.0. The Labute approximate surface area is 126 Å². The van der Waals surface area contributed by atoms with Crippen molar-refractivity contribution < 1.29 is 0 Å². The molecule has 0 saturated carbocycles. The molecule has 0 amide bonds. The van der Waals surface area contributed by atoms with Crippen molar-refractivity contribution in [2.75, 3.05) is 5.43 Å². The maximum Gasteiger partial charge on any atom is 0.240 e. The number of aryl methyl sites for hydroxylation is 3. The van der Waals surface area contributed by atoms with E-state index in [1.54, 1.807) is 16.0 Å². The van der Waals surface area contributed by atoms with Gasteiger partial charge in [0, 0.05) is 17.7 Å². The number of rotatable bonds is 4. The van der Waals surface area contributed by atoms with Crippen LogP contribution in [-0.2, 0) is 12.8 Å². The van der Waals surface area contributed by atoms with Crippen LogP contribution in [0.3, 0.4) is 0 Å². The number of fused-ring (bicyclic) bond motifs is 1. The molecule has 0 saturated heterocycles. The molecule has 3 aromatic rings. The number of hydrazine groups is 1. The van der Waals surface area contributed by atoms with Gasteiger partial charge in [-0.2, -0.15) is 9.67 Å². The lowest BCUT2D eigenvalue weighted by atomic mass is 10.3. The number of hydrogen-bond acceptors (Lipinski definition) is 7. The van der Waals surface area contributed by atoms with Crippen molar-refractivity contribution in [2.24, 2.45) is 5.84 Å². The zero-order valence-corrected chi connectivity index (χ0v) is 13.0. The van der Waals surface area contributed by atoms with Crippen molar-refractivity contribution in [1.29, 1.82) is 0 Å². The van der Waals surface area contributed by atoms with Gasteiger partial charge in [0.1, 0.15) is 10.7 Å². The Morgan fingerprint density at radius 2 is 2.05 bits per heavy atom. The van der Waals surface area contributed by atoms with Crippen LogP contribution in [0, 0.1) is 6.92 Å². The highest BCUT2D eigenvalue weighted by Gasteiger charge is 2.16. The molecular weight excluding hydrogens is 286 g/mol. The van der Waals surface area contributed by atoms with Crippen LogP contribution in [0.1, 0.15) is 30.4 Å². The molecule has 7 nitrogen and oxygen atoms in total. The van der Waals surface area contributed by atoms with Crippen LogP contribution in [0.15, 0.2) is 6.07 Å². The third kappa shape index (κ3) is 2.36. The molecule has 0 aliphatic carbocycles. The first-order valence-electron chi connectivity index (χ1n) is 6.86. The second-order valence-corrected chi connectivity index (χ2v) is 5.89. The molecule has 0 aliphatic rings. The van der Waals surface area contributed by atoms with Gasteiger partial charge in [-0.05, 0) is 13.0 Å². The van der Waals surface area contributed by atoms with Gasteiger partial charge >= 0.3 is 0 Å². The Morgan fingerprint density at radius 3 is 2.71 bits per heavy atom. The number of nitrogens with two attached hydrogens (primary N) is 1. The van der Waals surface area contributed by atoms with Crippen molar-refractivity contribution in [1.82, 2.24) is 24.7 Å². The van der Waals surface area contributed by atoms with Gasteiger partial charge in [-0.3, -0.25) is 5.43 Å². The Kier molecular flexibility index (Phi) is 3.56. The minimum atomic E-state index is 0.384. The SMILES string of the molecule is CCc1nc(CC)n(-c2nc(NN)nc3sc(C)cc23)n1. The van der Waals surface area contributed by atoms with Crippen LogP contribution in [0.25, 0.3) is 16.0 Å². The fraction of sp³-hybridized carbons (Fsp3) is 0.385.